The molecule has 1 saturated heterocycles. The first-order valence-corrected chi connectivity index (χ1v) is 10.0. The SMILES string of the molecule is Cc1ccccc1CNC(=O)CCNc1ccc(N2CCC(C)CC2)cc1. The van der Waals surface area contributed by atoms with Crippen molar-refractivity contribution < 1.29 is 4.79 Å². The molecule has 1 aliphatic rings. The molecule has 0 radical (unpaired) electrons. The Bertz CT molecular complexity index is 734. The molecule has 0 spiro atoms. The number of benzene rings is 2. The fourth-order valence-corrected chi connectivity index (χ4v) is 3.47. The molecule has 144 valence electrons. The van der Waals surface area contributed by atoms with E-state index in [1.807, 2.05) is 12.1 Å². The highest BCUT2D eigenvalue weighted by molar-refractivity contribution is 5.76. The van der Waals surface area contributed by atoms with Gasteiger partial charge in [0.05, 0.1) is 0 Å². The van der Waals surface area contributed by atoms with Crippen molar-refractivity contribution in [2.75, 3.05) is 29.9 Å². The fourth-order valence-electron chi connectivity index (χ4n) is 3.47. The number of hydrogen-bond donors (Lipinski definition) is 2. The van der Waals surface area contributed by atoms with E-state index in [0.29, 0.717) is 19.5 Å². The zero-order valence-corrected chi connectivity index (χ0v) is 16.5. The first-order chi connectivity index (χ1) is 13.1. The van der Waals surface area contributed by atoms with E-state index in [9.17, 15) is 4.79 Å². The van der Waals surface area contributed by atoms with Gasteiger partial charge in [-0.05, 0) is 61.1 Å². The lowest BCUT2D eigenvalue weighted by Crippen LogP contribution is -2.32. The summed E-state index contributed by atoms with van der Waals surface area (Å²) in [4.78, 5) is 14.5. The standard InChI is InChI=1S/C23H31N3O/c1-18-12-15-26(16-13-18)22-9-7-21(8-10-22)24-14-11-23(27)25-17-20-6-4-3-5-19(20)2/h3-10,18,24H,11-17H2,1-2H3,(H,25,27). The minimum Gasteiger partial charge on any atom is -0.385 e. The molecule has 0 bridgehead atoms. The quantitative estimate of drug-likeness (QED) is 0.767. The molecule has 1 heterocycles. The molecule has 4 nitrogen and oxygen atoms in total. The van der Waals surface area contributed by atoms with Gasteiger partial charge < -0.3 is 15.5 Å². The van der Waals surface area contributed by atoms with Gasteiger partial charge in [-0.15, -0.1) is 0 Å². The van der Waals surface area contributed by atoms with Crippen molar-refractivity contribution in [1.82, 2.24) is 5.32 Å². The predicted molar refractivity (Wildman–Crippen MR) is 113 cm³/mol. The first kappa shape index (κ1) is 19.3. The van der Waals surface area contributed by atoms with E-state index < -0.39 is 0 Å². The highest BCUT2D eigenvalue weighted by Gasteiger charge is 2.15. The molecule has 2 aromatic carbocycles. The zero-order chi connectivity index (χ0) is 19.1. The number of anilines is 2. The third kappa shape index (κ3) is 5.75. The number of nitrogens with zero attached hydrogens (tertiary/aromatic N) is 1. The second kappa shape index (κ2) is 9.45. The summed E-state index contributed by atoms with van der Waals surface area (Å²) < 4.78 is 0. The maximum absolute atomic E-state index is 12.0. The second-order valence-electron chi connectivity index (χ2n) is 7.60. The summed E-state index contributed by atoms with van der Waals surface area (Å²) in [5.41, 5.74) is 4.74. The smallest absolute Gasteiger partial charge is 0.222 e. The van der Waals surface area contributed by atoms with Crippen LogP contribution in [0.2, 0.25) is 0 Å². The van der Waals surface area contributed by atoms with Crippen LogP contribution in [0.15, 0.2) is 48.5 Å². The van der Waals surface area contributed by atoms with Gasteiger partial charge in [-0.2, -0.15) is 0 Å². The second-order valence-corrected chi connectivity index (χ2v) is 7.60. The minimum absolute atomic E-state index is 0.0739. The Balaban J connectivity index is 1.38. The Morgan fingerprint density at radius 1 is 1.07 bits per heavy atom. The zero-order valence-electron chi connectivity index (χ0n) is 16.5. The fraction of sp³-hybridized carbons (Fsp3) is 0.435. The third-order valence-corrected chi connectivity index (χ3v) is 5.43. The molecule has 1 fully saturated rings. The van der Waals surface area contributed by atoms with Gasteiger partial charge >= 0.3 is 0 Å². The first-order valence-electron chi connectivity index (χ1n) is 10.0. The number of carbonyl (C=O) groups excluding carboxylic acids is 1. The van der Waals surface area contributed by atoms with Gasteiger partial charge in [0.1, 0.15) is 0 Å². The van der Waals surface area contributed by atoms with Gasteiger partial charge in [0.2, 0.25) is 5.91 Å². The highest BCUT2D eigenvalue weighted by Crippen LogP contribution is 2.24. The van der Waals surface area contributed by atoms with Crippen molar-refractivity contribution in [2.24, 2.45) is 5.92 Å². The van der Waals surface area contributed by atoms with E-state index in [1.54, 1.807) is 0 Å². The third-order valence-electron chi connectivity index (χ3n) is 5.43. The van der Waals surface area contributed by atoms with Gasteiger partial charge in [0.15, 0.2) is 0 Å². The summed E-state index contributed by atoms with van der Waals surface area (Å²) in [6.07, 6.45) is 3.02. The summed E-state index contributed by atoms with van der Waals surface area (Å²) >= 11 is 0. The largest absolute Gasteiger partial charge is 0.385 e. The average molecular weight is 366 g/mol. The van der Waals surface area contributed by atoms with E-state index in [1.165, 1.54) is 29.7 Å². The van der Waals surface area contributed by atoms with Crippen molar-refractivity contribution in [1.29, 1.82) is 0 Å². The van der Waals surface area contributed by atoms with Crippen molar-refractivity contribution >= 4 is 17.3 Å². The van der Waals surface area contributed by atoms with E-state index in [-0.39, 0.29) is 5.91 Å². The molecule has 0 saturated carbocycles. The minimum atomic E-state index is 0.0739. The maximum Gasteiger partial charge on any atom is 0.222 e. The lowest BCUT2D eigenvalue weighted by Gasteiger charge is -2.32. The predicted octanol–water partition coefficient (Wildman–Crippen LogP) is 4.35. The van der Waals surface area contributed by atoms with E-state index in [4.69, 9.17) is 0 Å². The summed E-state index contributed by atoms with van der Waals surface area (Å²) in [6, 6.07) is 16.7. The van der Waals surface area contributed by atoms with E-state index in [0.717, 1.165) is 24.7 Å². The van der Waals surface area contributed by atoms with Crippen LogP contribution in [0.3, 0.4) is 0 Å². The van der Waals surface area contributed by atoms with Crippen LogP contribution in [0.1, 0.15) is 37.3 Å². The normalized spacial score (nSPS) is 14.8. The topological polar surface area (TPSA) is 44.4 Å². The lowest BCUT2D eigenvalue weighted by atomic mass is 9.99. The Morgan fingerprint density at radius 3 is 2.48 bits per heavy atom. The number of amides is 1. The molecule has 0 aromatic heterocycles. The average Bonchev–Trinajstić information content (AvgIpc) is 2.69. The summed E-state index contributed by atoms with van der Waals surface area (Å²) in [7, 11) is 0. The molecule has 0 aliphatic carbocycles. The summed E-state index contributed by atoms with van der Waals surface area (Å²) in [6.45, 7) is 7.93. The number of piperidine rings is 1. The van der Waals surface area contributed by atoms with Gasteiger partial charge in [-0.1, -0.05) is 31.2 Å². The molecular weight excluding hydrogens is 334 g/mol. The molecule has 1 aliphatic heterocycles. The summed E-state index contributed by atoms with van der Waals surface area (Å²) in [5.74, 6) is 0.920. The van der Waals surface area contributed by atoms with Crippen molar-refractivity contribution in [2.45, 2.75) is 39.7 Å². The van der Waals surface area contributed by atoms with Crippen LogP contribution in [-0.2, 0) is 11.3 Å². The van der Waals surface area contributed by atoms with E-state index in [2.05, 4.69) is 65.8 Å². The van der Waals surface area contributed by atoms with Gasteiger partial charge in [0.25, 0.3) is 0 Å². The van der Waals surface area contributed by atoms with Crippen LogP contribution in [0, 0.1) is 12.8 Å². The van der Waals surface area contributed by atoms with E-state index >= 15 is 0 Å². The van der Waals surface area contributed by atoms with Crippen LogP contribution in [0.25, 0.3) is 0 Å². The van der Waals surface area contributed by atoms with Gasteiger partial charge in [-0.3, -0.25) is 4.79 Å². The Labute approximate surface area is 163 Å². The molecule has 2 aromatic rings. The van der Waals surface area contributed by atoms with Crippen LogP contribution < -0.4 is 15.5 Å². The van der Waals surface area contributed by atoms with Crippen molar-refractivity contribution in [3.05, 3.63) is 59.7 Å². The van der Waals surface area contributed by atoms with Crippen molar-refractivity contribution in [3.63, 3.8) is 0 Å². The van der Waals surface area contributed by atoms with Gasteiger partial charge in [-0.25, -0.2) is 0 Å². The van der Waals surface area contributed by atoms with Gasteiger partial charge in [0, 0.05) is 44.0 Å². The number of carbonyl (C=O) groups is 1. The molecular formula is C23H31N3O. The Kier molecular flexibility index (Phi) is 6.74. The Morgan fingerprint density at radius 2 is 1.78 bits per heavy atom. The van der Waals surface area contributed by atoms with Crippen molar-refractivity contribution in [3.8, 4) is 0 Å². The Hall–Kier alpha value is -2.49. The monoisotopic (exact) mass is 365 g/mol. The number of aryl methyl sites for hydroxylation is 1. The summed E-state index contributed by atoms with van der Waals surface area (Å²) in [5, 5.41) is 6.34. The van der Waals surface area contributed by atoms with Crippen LogP contribution in [0.5, 0.6) is 0 Å². The lowest BCUT2D eigenvalue weighted by molar-refractivity contribution is -0.121. The molecule has 0 unspecified atom stereocenters. The van der Waals surface area contributed by atoms with Crippen LogP contribution >= 0.6 is 0 Å². The maximum atomic E-state index is 12.0. The molecule has 2 N–H and O–H groups in total. The molecule has 4 heteroatoms. The van der Waals surface area contributed by atoms with Crippen LogP contribution in [0.4, 0.5) is 11.4 Å². The number of hydrogen-bond acceptors (Lipinski definition) is 3. The molecule has 0 atom stereocenters. The highest BCUT2D eigenvalue weighted by atomic mass is 16.1. The van der Waals surface area contributed by atoms with Crippen LogP contribution in [-0.4, -0.2) is 25.5 Å². The molecule has 1 amide bonds. The number of nitrogens with one attached hydrogen (secondary N) is 2. The molecule has 27 heavy (non-hydrogen) atoms. The molecule has 3 rings (SSSR count). The number of rotatable bonds is 7.